The lowest BCUT2D eigenvalue weighted by atomic mass is 10.2. The molecule has 0 N–H and O–H groups in total. The Hall–Kier alpha value is -2.57. The monoisotopic (exact) mass is 361 g/mol. The summed E-state index contributed by atoms with van der Waals surface area (Å²) in [5, 5.41) is 0. The van der Waals surface area contributed by atoms with Crippen LogP contribution in [-0.4, -0.2) is 46.1 Å². The van der Waals surface area contributed by atoms with Gasteiger partial charge in [-0.3, -0.25) is 18.7 Å². The van der Waals surface area contributed by atoms with Gasteiger partial charge in [-0.25, -0.2) is 4.79 Å². The Morgan fingerprint density at radius 2 is 1.77 bits per heavy atom. The van der Waals surface area contributed by atoms with Crippen LogP contribution in [0.2, 0.25) is 0 Å². The standard InChI is InChI=1S/C19H27N3O4/c1-5-21-15-8-6-7-9-16(15)22(19(21)25)13-17(23)20(12-14(2)3)11-10-18(24)26-4/h6-9,14H,5,10-13H2,1-4H3. The summed E-state index contributed by atoms with van der Waals surface area (Å²) in [6.07, 6.45) is 0.139. The molecule has 0 radical (unpaired) electrons. The van der Waals surface area contributed by atoms with Crippen molar-refractivity contribution in [3.63, 3.8) is 0 Å². The van der Waals surface area contributed by atoms with Crippen molar-refractivity contribution in [1.82, 2.24) is 14.0 Å². The van der Waals surface area contributed by atoms with E-state index in [4.69, 9.17) is 0 Å². The maximum absolute atomic E-state index is 12.8. The Kier molecular flexibility index (Phi) is 6.60. The zero-order chi connectivity index (χ0) is 19.3. The molecule has 0 aliphatic rings. The number of aryl methyl sites for hydroxylation is 1. The number of rotatable bonds is 8. The molecule has 0 bridgehead atoms. The van der Waals surface area contributed by atoms with Gasteiger partial charge in [-0.15, -0.1) is 0 Å². The van der Waals surface area contributed by atoms with Crippen molar-refractivity contribution in [2.24, 2.45) is 5.92 Å². The van der Waals surface area contributed by atoms with E-state index < -0.39 is 0 Å². The number of hydrogen-bond donors (Lipinski definition) is 0. The van der Waals surface area contributed by atoms with Gasteiger partial charge in [0, 0.05) is 19.6 Å². The number of hydrogen-bond acceptors (Lipinski definition) is 4. The van der Waals surface area contributed by atoms with Crippen LogP contribution in [0.3, 0.4) is 0 Å². The van der Waals surface area contributed by atoms with E-state index >= 15 is 0 Å². The number of methoxy groups -OCH3 is 1. The summed E-state index contributed by atoms with van der Waals surface area (Å²) >= 11 is 0. The lowest BCUT2D eigenvalue weighted by molar-refractivity contribution is -0.142. The molecule has 0 fully saturated rings. The molecule has 1 aromatic heterocycles. The molecule has 142 valence electrons. The molecule has 0 aliphatic carbocycles. The summed E-state index contributed by atoms with van der Waals surface area (Å²) in [5.41, 5.74) is 1.36. The number of imidazole rings is 1. The number of para-hydroxylation sites is 2. The van der Waals surface area contributed by atoms with Crippen molar-refractivity contribution in [3.8, 4) is 0 Å². The number of benzene rings is 1. The third-order valence-corrected chi connectivity index (χ3v) is 4.29. The third kappa shape index (κ3) is 4.33. The van der Waals surface area contributed by atoms with Crippen molar-refractivity contribution >= 4 is 22.9 Å². The Morgan fingerprint density at radius 1 is 1.15 bits per heavy atom. The highest BCUT2D eigenvalue weighted by Gasteiger charge is 2.20. The van der Waals surface area contributed by atoms with Crippen molar-refractivity contribution in [1.29, 1.82) is 0 Å². The number of esters is 1. The van der Waals surface area contributed by atoms with Gasteiger partial charge in [0.2, 0.25) is 5.91 Å². The van der Waals surface area contributed by atoms with E-state index in [-0.39, 0.29) is 43.0 Å². The van der Waals surface area contributed by atoms with Gasteiger partial charge in [0.25, 0.3) is 0 Å². The van der Waals surface area contributed by atoms with E-state index in [1.165, 1.54) is 11.7 Å². The van der Waals surface area contributed by atoms with Gasteiger partial charge in [0.05, 0.1) is 24.6 Å². The van der Waals surface area contributed by atoms with Crippen molar-refractivity contribution in [2.45, 2.75) is 40.3 Å². The minimum atomic E-state index is -0.355. The molecule has 0 spiro atoms. The second-order valence-electron chi connectivity index (χ2n) is 6.66. The Morgan fingerprint density at radius 3 is 2.31 bits per heavy atom. The number of fused-ring (bicyclic) bond motifs is 1. The number of nitrogens with zero attached hydrogens (tertiary/aromatic N) is 3. The van der Waals surface area contributed by atoms with Crippen molar-refractivity contribution in [2.75, 3.05) is 20.2 Å². The zero-order valence-corrected chi connectivity index (χ0v) is 15.9. The summed E-state index contributed by atoms with van der Waals surface area (Å²) in [4.78, 5) is 38.6. The molecule has 0 saturated carbocycles. The highest BCUT2D eigenvalue weighted by Crippen LogP contribution is 2.13. The van der Waals surface area contributed by atoms with Crippen LogP contribution in [0.15, 0.2) is 29.1 Å². The first kappa shape index (κ1) is 19.8. The number of aromatic nitrogens is 2. The molecule has 7 heteroatoms. The third-order valence-electron chi connectivity index (χ3n) is 4.29. The van der Waals surface area contributed by atoms with E-state index in [9.17, 15) is 14.4 Å². The van der Waals surface area contributed by atoms with Crippen LogP contribution in [0.1, 0.15) is 27.2 Å². The fourth-order valence-corrected chi connectivity index (χ4v) is 3.05. The first-order valence-electron chi connectivity index (χ1n) is 8.91. The van der Waals surface area contributed by atoms with Crippen LogP contribution in [0.25, 0.3) is 11.0 Å². The van der Waals surface area contributed by atoms with Crippen LogP contribution in [-0.2, 0) is 27.4 Å². The lowest BCUT2D eigenvalue weighted by Crippen LogP contribution is -2.40. The van der Waals surface area contributed by atoms with Crippen molar-refractivity contribution < 1.29 is 14.3 Å². The second kappa shape index (κ2) is 8.69. The quantitative estimate of drug-likeness (QED) is 0.673. The number of amides is 1. The Bertz CT molecular complexity index is 835. The van der Waals surface area contributed by atoms with Crippen LogP contribution in [0.4, 0.5) is 0 Å². The fourth-order valence-electron chi connectivity index (χ4n) is 3.05. The SMILES string of the molecule is CCn1c(=O)n(CC(=O)N(CCC(=O)OC)CC(C)C)c2ccccc21. The minimum Gasteiger partial charge on any atom is -0.469 e. The van der Waals surface area contributed by atoms with E-state index in [1.54, 1.807) is 9.47 Å². The number of carbonyl (C=O) groups excluding carboxylic acids is 2. The fraction of sp³-hybridized carbons (Fsp3) is 0.526. The van der Waals surface area contributed by atoms with Crippen LogP contribution in [0, 0.1) is 5.92 Å². The molecule has 1 heterocycles. The highest BCUT2D eigenvalue weighted by atomic mass is 16.5. The van der Waals surface area contributed by atoms with Crippen molar-refractivity contribution in [3.05, 3.63) is 34.7 Å². The minimum absolute atomic E-state index is 0.0414. The van der Waals surface area contributed by atoms with Crippen LogP contribution >= 0.6 is 0 Å². The first-order valence-corrected chi connectivity index (χ1v) is 8.91. The zero-order valence-electron chi connectivity index (χ0n) is 15.9. The lowest BCUT2D eigenvalue weighted by Gasteiger charge is -2.24. The van der Waals surface area contributed by atoms with E-state index in [0.29, 0.717) is 13.1 Å². The van der Waals surface area contributed by atoms with Gasteiger partial charge < -0.3 is 9.64 Å². The van der Waals surface area contributed by atoms with Gasteiger partial charge in [-0.1, -0.05) is 26.0 Å². The molecular weight excluding hydrogens is 334 g/mol. The summed E-state index contributed by atoms with van der Waals surface area (Å²) in [6.45, 7) is 7.23. The molecule has 0 unspecified atom stereocenters. The van der Waals surface area contributed by atoms with E-state index in [0.717, 1.165) is 11.0 Å². The molecule has 0 aliphatic heterocycles. The molecule has 2 aromatic rings. The molecule has 0 saturated heterocycles. The summed E-state index contributed by atoms with van der Waals surface area (Å²) in [6, 6.07) is 7.45. The van der Waals surface area contributed by atoms with Crippen LogP contribution in [0.5, 0.6) is 0 Å². The molecule has 0 atom stereocenters. The molecule has 2 rings (SSSR count). The average Bonchev–Trinajstić information content (AvgIpc) is 2.89. The Balaban J connectivity index is 2.28. The number of carbonyl (C=O) groups is 2. The first-order chi connectivity index (χ1) is 12.4. The maximum Gasteiger partial charge on any atom is 0.329 e. The molecule has 1 aromatic carbocycles. The summed E-state index contributed by atoms with van der Waals surface area (Å²) in [7, 11) is 1.33. The predicted octanol–water partition coefficient (Wildman–Crippen LogP) is 1.87. The Labute approximate surface area is 153 Å². The number of ether oxygens (including phenoxy) is 1. The average molecular weight is 361 g/mol. The van der Waals surface area contributed by atoms with E-state index in [1.807, 2.05) is 45.0 Å². The maximum atomic E-state index is 12.8. The molecule has 26 heavy (non-hydrogen) atoms. The normalized spacial score (nSPS) is 11.1. The smallest absolute Gasteiger partial charge is 0.329 e. The van der Waals surface area contributed by atoms with Gasteiger partial charge in [0.1, 0.15) is 6.54 Å². The van der Waals surface area contributed by atoms with Crippen LogP contribution < -0.4 is 5.69 Å². The van der Waals surface area contributed by atoms with Gasteiger partial charge >= 0.3 is 11.7 Å². The predicted molar refractivity (Wildman–Crippen MR) is 99.9 cm³/mol. The largest absolute Gasteiger partial charge is 0.469 e. The topological polar surface area (TPSA) is 73.5 Å². The van der Waals surface area contributed by atoms with Gasteiger partial charge in [-0.05, 0) is 25.0 Å². The van der Waals surface area contributed by atoms with E-state index in [2.05, 4.69) is 4.74 Å². The summed E-state index contributed by atoms with van der Waals surface area (Å²) in [5.74, 6) is -0.277. The van der Waals surface area contributed by atoms with Gasteiger partial charge in [0.15, 0.2) is 0 Å². The van der Waals surface area contributed by atoms with Gasteiger partial charge in [-0.2, -0.15) is 0 Å². The molecular formula is C19H27N3O4. The second-order valence-corrected chi connectivity index (χ2v) is 6.66. The highest BCUT2D eigenvalue weighted by molar-refractivity contribution is 5.81. The summed E-state index contributed by atoms with van der Waals surface area (Å²) < 4.78 is 7.83. The molecule has 7 nitrogen and oxygen atoms in total. The molecule has 1 amide bonds.